The van der Waals surface area contributed by atoms with Gasteiger partial charge in [-0.2, -0.15) is 0 Å². The third-order valence-corrected chi connectivity index (χ3v) is 4.79. The average molecular weight is 297 g/mol. The van der Waals surface area contributed by atoms with Crippen molar-refractivity contribution in [1.29, 1.82) is 0 Å². The van der Waals surface area contributed by atoms with Crippen molar-refractivity contribution in [2.45, 2.75) is 25.3 Å². The molecule has 22 heavy (non-hydrogen) atoms. The number of pyridine rings is 1. The van der Waals surface area contributed by atoms with E-state index < -0.39 is 0 Å². The molecule has 4 heteroatoms. The van der Waals surface area contributed by atoms with Gasteiger partial charge in [0.15, 0.2) is 0 Å². The van der Waals surface area contributed by atoms with Gasteiger partial charge in [0.25, 0.3) is 0 Å². The summed E-state index contributed by atoms with van der Waals surface area (Å²) in [5, 5.41) is 3.47. The molecule has 1 saturated heterocycles. The number of fused-ring (bicyclic) bond motifs is 3. The van der Waals surface area contributed by atoms with Gasteiger partial charge in [-0.3, -0.25) is 0 Å². The van der Waals surface area contributed by atoms with Crippen LogP contribution in [-0.2, 0) is 12.8 Å². The second kappa shape index (κ2) is 5.69. The van der Waals surface area contributed by atoms with Crippen molar-refractivity contribution < 1.29 is 4.39 Å². The Balaban J connectivity index is 1.66. The van der Waals surface area contributed by atoms with Gasteiger partial charge < -0.3 is 10.2 Å². The van der Waals surface area contributed by atoms with E-state index in [0.717, 1.165) is 43.9 Å². The molecule has 1 fully saturated rings. The van der Waals surface area contributed by atoms with Crippen molar-refractivity contribution in [1.82, 2.24) is 10.3 Å². The van der Waals surface area contributed by atoms with Gasteiger partial charge in [0.2, 0.25) is 0 Å². The summed E-state index contributed by atoms with van der Waals surface area (Å²) in [4.78, 5) is 7.12. The lowest BCUT2D eigenvalue weighted by atomic mass is 9.91. The van der Waals surface area contributed by atoms with Crippen molar-refractivity contribution in [3.63, 3.8) is 0 Å². The molecule has 1 aromatic heterocycles. The number of aromatic nitrogens is 1. The molecule has 0 bridgehead atoms. The van der Waals surface area contributed by atoms with Crippen molar-refractivity contribution in [3.05, 3.63) is 59.0 Å². The molecule has 1 atom stereocenters. The highest BCUT2D eigenvalue weighted by Gasteiger charge is 2.30. The summed E-state index contributed by atoms with van der Waals surface area (Å²) >= 11 is 0. The van der Waals surface area contributed by atoms with Crippen LogP contribution < -0.4 is 10.2 Å². The first-order valence-electron chi connectivity index (χ1n) is 8.00. The minimum atomic E-state index is -0.177. The third kappa shape index (κ3) is 2.48. The highest BCUT2D eigenvalue weighted by atomic mass is 19.1. The van der Waals surface area contributed by atoms with Gasteiger partial charge >= 0.3 is 0 Å². The quantitative estimate of drug-likeness (QED) is 0.923. The summed E-state index contributed by atoms with van der Waals surface area (Å²) in [6.07, 6.45) is 5.04. The maximum absolute atomic E-state index is 13.1. The molecule has 0 radical (unpaired) electrons. The molecule has 1 N–H and O–H groups in total. The lowest BCUT2D eigenvalue weighted by molar-refractivity contribution is 0.435. The zero-order valence-electron chi connectivity index (χ0n) is 12.6. The molecule has 2 aliphatic heterocycles. The van der Waals surface area contributed by atoms with Crippen molar-refractivity contribution in [3.8, 4) is 0 Å². The number of hydrogen-bond donors (Lipinski definition) is 1. The van der Waals surface area contributed by atoms with Crippen molar-refractivity contribution >= 4 is 5.82 Å². The summed E-state index contributed by atoms with van der Waals surface area (Å²) in [6.45, 7) is 3.12. The molecule has 0 spiro atoms. The third-order valence-electron chi connectivity index (χ3n) is 4.79. The maximum atomic E-state index is 13.1. The summed E-state index contributed by atoms with van der Waals surface area (Å²) < 4.78 is 13.1. The molecule has 1 aromatic carbocycles. The Kier molecular flexibility index (Phi) is 3.54. The van der Waals surface area contributed by atoms with Gasteiger partial charge in [-0.25, -0.2) is 9.37 Å². The molecule has 2 aliphatic rings. The van der Waals surface area contributed by atoms with Crippen LogP contribution in [0, 0.1) is 5.82 Å². The van der Waals surface area contributed by atoms with Crippen LogP contribution in [0.1, 0.15) is 23.1 Å². The fourth-order valence-corrected chi connectivity index (χ4v) is 3.64. The molecule has 4 rings (SSSR count). The number of hydrogen-bond acceptors (Lipinski definition) is 3. The Labute approximate surface area is 130 Å². The van der Waals surface area contributed by atoms with Gasteiger partial charge in [-0.15, -0.1) is 0 Å². The predicted octanol–water partition coefficient (Wildman–Crippen LogP) is 2.54. The molecule has 0 amide bonds. The van der Waals surface area contributed by atoms with E-state index >= 15 is 0 Å². The van der Waals surface area contributed by atoms with E-state index in [1.165, 1.54) is 29.7 Å². The lowest BCUT2D eigenvalue weighted by Crippen LogP contribution is -2.53. The molecule has 0 saturated carbocycles. The van der Waals surface area contributed by atoms with E-state index in [4.69, 9.17) is 0 Å². The van der Waals surface area contributed by atoms with Gasteiger partial charge in [-0.05, 0) is 54.2 Å². The van der Waals surface area contributed by atoms with Crippen LogP contribution in [-0.4, -0.2) is 30.7 Å². The molecular weight excluding hydrogens is 277 g/mol. The standard InChI is InChI=1S/C18H20FN3/c19-15-3-1-13(2-4-15)11-14-7-8-21-18-17(14)6-5-16-12-20-9-10-22(16)18/h1-4,7-8,16,20H,5-6,9-12H2/t16-/m1/s1. The van der Waals surface area contributed by atoms with Crippen LogP contribution >= 0.6 is 0 Å². The second-order valence-corrected chi connectivity index (χ2v) is 6.17. The van der Waals surface area contributed by atoms with Gasteiger partial charge in [0, 0.05) is 31.9 Å². The molecule has 0 unspecified atom stereocenters. The fraction of sp³-hybridized carbons (Fsp3) is 0.389. The van der Waals surface area contributed by atoms with E-state index in [1.807, 2.05) is 18.3 Å². The molecule has 2 aromatic rings. The Morgan fingerprint density at radius 3 is 2.95 bits per heavy atom. The number of anilines is 1. The van der Waals surface area contributed by atoms with E-state index in [-0.39, 0.29) is 5.82 Å². The summed E-state index contributed by atoms with van der Waals surface area (Å²) in [7, 11) is 0. The Morgan fingerprint density at radius 1 is 1.23 bits per heavy atom. The first-order chi connectivity index (χ1) is 10.8. The zero-order valence-corrected chi connectivity index (χ0v) is 12.6. The van der Waals surface area contributed by atoms with Crippen LogP contribution in [0.25, 0.3) is 0 Å². The summed E-state index contributed by atoms with van der Waals surface area (Å²) in [5.74, 6) is 0.988. The van der Waals surface area contributed by atoms with E-state index in [1.54, 1.807) is 0 Å². The zero-order chi connectivity index (χ0) is 14.9. The second-order valence-electron chi connectivity index (χ2n) is 6.17. The minimum Gasteiger partial charge on any atom is -0.351 e. The minimum absolute atomic E-state index is 0.177. The van der Waals surface area contributed by atoms with Crippen LogP contribution in [0.5, 0.6) is 0 Å². The Morgan fingerprint density at radius 2 is 2.09 bits per heavy atom. The van der Waals surface area contributed by atoms with Crippen LogP contribution in [0.2, 0.25) is 0 Å². The molecule has 0 aliphatic carbocycles. The number of halogens is 1. The molecule has 114 valence electrons. The number of benzene rings is 1. The first-order valence-corrected chi connectivity index (χ1v) is 8.00. The monoisotopic (exact) mass is 297 g/mol. The number of nitrogens with zero attached hydrogens (tertiary/aromatic N) is 2. The Bertz CT molecular complexity index is 669. The average Bonchev–Trinajstić information content (AvgIpc) is 2.57. The van der Waals surface area contributed by atoms with Crippen molar-refractivity contribution in [2.75, 3.05) is 24.5 Å². The van der Waals surface area contributed by atoms with Crippen LogP contribution in [0.3, 0.4) is 0 Å². The SMILES string of the molecule is Fc1ccc(Cc2ccnc3c2CC[C@@H]2CNCCN32)cc1. The lowest BCUT2D eigenvalue weighted by Gasteiger charge is -2.42. The normalized spacial score (nSPS) is 20.4. The van der Waals surface area contributed by atoms with Crippen LogP contribution in [0.4, 0.5) is 10.2 Å². The summed E-state index contributed by atoms with van der Waals surface area (Å²) in [5.41, 5.74) is 3.86. The number of piperazine rings is 1. The first kappa shape index (κ1) is 13.7. The topological polar surface area (TPSA) is 28.2 Å². The van der Waals surface area contributed by atoms with Crippen LogP contribution in [0.15, 0.2) is 36.5 Å². The fourth-order valence-electron chi connectivity index (χ4n) is 3.64. The van der Waals surface area contributed by atoms with Crippen molar-refractivity contribution in [2.24, 2.45) is 0 Å². The maximum Gasteiger partial charge on any atom is 0.132 e. The van der Waals surface area contributed by atoms with E-state index in [2.05, 4.69) is 21.3 Å². The highest BCUT2D eigenvalue weighted by Crippen LogP contribution is 2.32. The number of rotatable bonds is 2. The van der Waals surface area contributed by atoms with Gasteiger partial charge in [0.1, 0.15) is 11.6 Å². The predicted molar refractivity (Wildman–Crippen MR) is 85.8 cm³/mol. The van der Waals surface area contributed by atoms with Gasteiger partial charge in [-0.1, -0.05) is 12.1 Å². The molecule has 3 heterocycles. The highest BCUT2D eigenvalue weighted by molar-refractivity contribution is 5.55. The smallest absolute Gasteiger partial charge is 0.132 e. The summed E-state index contributed by atoms with van der Waals surface area (Å²) in [6, 6.07) is 9.52. The molecule has 3 nitrogen and oxygen atoms in total. The van der Waals surface area contributed by atoms with E-state index in [9.17, 15) is 4.39 Å². The largest absolute Gasteiger partial charge is 0.351 e. The molecular formula is C18H20FN3. The Hall–Kier alpha value is -1.94. The van der Waals surface area contributed by atoms with E-state index in [0.29, 0.717) is 6.04 Å². The van der Waals surface area contributed by atoms with Gasteiger partial charge in [0.05, 0.1) is 0 Å². The number of nitrogens with one attached hydrogen (secondary N) is 1.